The molecule has 0 saturated heterocycles. The van der Waals surface area contributed by atoms with Crippen molar-refractivity contribution in [2.45, 2.75) is 29.2 Å². The average molecular weight is 322 g/mol. The smallest absolute Gasteiger partial charge is 0.241 e. The number of sulfonamides is 2. The molecule has 0 aromatic heterocycles. The van der Waals surface area contributed by atoms with Gasteiger partial charge in [-0.25, -0.2) is 26.3 Å². The van der Waals surface area contributed by atoms with Crippen molar-refractivity contribution in [2.24, 2.45) is 0 Å². The second-order valence-corrected chi connectivity index (χ2v) is 8.40. The van der Waals surface area contributed by atoms with Crippen LogP contribution < -0.4 is 9.44 Å². The summed E-state index contributed by atoms with van der Waals surface area (Å²) in [4.78, 5) is -0.102. The molecule has 0 aliphatic carbocycles. The zero-order valence-electron chi connectivity index (χ0n) is 11.4. The molecular formula is C11H18N2O5S2. The summed E-state index contributed by atoms with van der Waals surface area (Å²) in [5.41, 5.74) is -1.01. The zero-order valence-corrected chi connectivity index (χ0v) is 13.0. The van der Waals surface area contributed by atoms with Gasteiger partial charge in [-0.3, -0.25) is 0 Å². The third-order valence-corrected chi connectivity index (χ3v) is 5.66. The van der Waals surface area contributed by atoms with Gasteiger partial charge >= 0.3 is 0 Å². The Morgan fingerprint density at radius 3 is 1.75 bits per heavy atom. The zero-order chi connectivity index (χ0) is 15.6. The molecule has 0 aliphatic heterocycles. The summed E-state index contributed by atoms with van der Waals surface area (Å²) in [6.45, 7) is 2.70. The van der Waals surface area contributed by atoms with Crippen LogP contribution in [0.25, 0.3) is 0 Å². The molecule has 1 aromatic rings. The Balaban J connectivity index is 3.11. The number of hydrogen-bond donors (Lipinski definition) is 3. The first-order valence-electron chi connectivity index (χ1n) is 5.72. The van der Waals surface area contributed by atoms with Crippen molar-refractivity contribution >= 4 is 20.0 Å². The molecule has 0 unspecified atom stereocenters. The first-order chi connectivity index (χ1) is 9.04. The van der Waals surface area contributed by atoms with Crippen molar-refractivity contribution in [3.8, 4) is 0 Å². The molecule has 7 nitrogen and oxygen atoms in total. The lowest BCUT2D eigenvalue weighted by atomic mass is 10.1. The van der Waals surface area contributed by atoms with Crippen LogP contribution in [-0.4, -0.2) is 41.1 Å². The lowest BCUT2D eigenvalue weighted by Crippen LogP contribution is -2.46. The number of hydrogen-bond acceptors (Lipinski definition) is 5. The van der Waals surface area contributed by atoms with Crippen LogP contribution in [-0.2, 0) is 20.0 Å². The quantitative estimate of drug-likeness (QED) is 0.662. The fraction of sp³-hybridized carbons (Fsp3) is 0.455. The van der Waals surface area contributed by atoms with Gasteiger partial charge in [0.05, 0.1) is 21.9 Å². The Hall–Kier alpha value is -1.00. The second-order valence-electron chi connectivity index (χ2n) is 4.83. The lowest BCUT2D eigenvalue weighted by molar-refractivity contribution is 0.208. The highest BCUT2D eigenvalue weighted by Crippen LogP contribution is 2.16. The highest BCUT2D eigenvalue weighted by molar-refractivity contribution is 7.90. The fourth-order valence-corrected chi connectivity index (χ4v) is 3.51. The van der Waals surface area contributed by atoms with E-state index >= 15 is 0 Å². The van der Waals surface area contributed by atoms with Gasteiger partial charge in [0.2, 0.25) is 20.0 Å². The van der Waals surface area contributed by atoms with Gasteiger partial charge in [0.1, 0.15) is 0 Å². The van der Waals surface area contributed by atoms with Crippen LogP contribution in [0.2, 0.25) is 0 Å². The molecule has 0 saturated carbocycles. The van der Waals surface area contributed by atoms with Crippen molar-refractivity contribution in [3.05, 3.63) is 24.3 Å². The van der Waals surface area contributed by atoms with Crippen LogP contribution in [0.3, 0.4) is 0 Å². The van der Waals surface area contributed by atoms with E-state index in [2.05, 4.69) is 9.44 Å². The summed E-state index contributed by atoms with van der Waals surface area (Å²) in [7, 11) is -6.16. The van der Waals surface area contributed by atoms with Gasteiger partial charge in [-0.05, 0) is 45.2 Å². The van der Waals surface area contributed by atoms with E-state index in [1.807, 2.05) is 0 Å². The van der Waals surface area contributed by atoms with Crippen LogP contribution in [0.5, 0.6) is 0 Å². The Labute approximate surface area is 119 Å². The molecule has 0 spiro atoms. The number of benzene rings is 1. The predicted octanol–water partition coefficient (Wildman–Crippen LogP) is -0.356. The highest BCUT2D eigenvalue weighted by atomic mass is 32.2. The Morgan fingerprint density at radius 2 is 1.40 bits per heavy atom. The third kappa shape index (κ3) is 4.00. The first kappa shape index (κ1) is 17.1. The summed E-state index contributed by atoms with van der Waals surface area (Å²) >= 11 is 0. The first-order valence-corrected chi connectivity index (χ1v) is 8.69. The number of nitrogens with one attached hydrogen (secondary N) is 2. The molecular weight excluding hydrogens is 304 g/mol. The van der Waals surface area contributed by atoms with E-state index in [0.717, 1.165) is 0 Å². The van der Waals surface area contributed by atoms with Crippen LogP contribution in [0.15, 0.2) is 34.1 Å². The van der Waals surface area contributed by atoms with Crippen molar-refractivity contribution < 1.29 is 21.9 Å². The third-order valence-electron chi connectivity index (χ3n) is 2.52. The number of aliphatic hydroxyl groups excluding tert-OH is 1. The number of aliphatic hydroxyl groups is 1. The summed E-state index contributed by atoms with van der Waals surface area (Å²) in [5, 5.41) is 9.07. The van der Waals surface area contributed by atoms with Gasteiger partial charge < -0.3 is 5.11 Å². The summed E-state index contributed by atoms with van der Waals surface area (Å²) in [6, 6.07) is 4.79. The van der Waals surface area contributed by atoms with E-state index in [1.54, 1.807) is 0 Å². The minimum absolute atomic E-state index is 0.0274. The monoisotopic (exact) mass is 322 g/mol. The van der Waals surface area contributed by atoms with Gasteiger partial charge in [-0.15, -0.1) is 0 Å². The van der Waals surface area contributed by atoms with E-state index in [9.17, 15) is 16.8 Å². The van der Waals surface area contributed by atoms with E-state index in [4.69, 9.17) is 5.11 Å². The molecule has 0 heterocycles. The van der Waals surface area contributed by atoms with Crippen LogP contribution in [0, 0.1) is 0 Å². The fourth-order valence-electron chi connectivity index (χ4n) is 1.37. The molecule has 3 N–H and O–H groups in total. The van der Waals surface area contributed by atoms with Gasteiger partial charge in [-0.1, -0.05) is 0 Å². The van der Waals surface area contributed by atoms with Gasteiger partial charge in [-0.2, -0.15) is 0 Å². The summed E-state index contributed by atoms with van der Waals surface area (Å²) in [5.74, 6) is 0. The average Bonchev–Trinajstić information content (AvgIpc) is 2.38. The van der Waals surface area contributed by atoms with Crippen LogP contribution in [0.1, 0.15) is 13.8 Å². The summed E-state index contributed by atoms with van der Waals surface area (Å²) in [6.07, 6.45) is 0. The van der Waals surface area contributed by atoms with Crippen LogP contribution in [0.4, 0.5) is 0 Å². The van der Waals surface area contributed by atoms with E-state index < -0.39 is 25.6 Å². The van der Waals surface area contributed by atoms with Crippen molar-refractivity contribution in [1.29, 1.82) is 0 Å². The van der Waals surface area contributed by atoms with Gasteiger partial charge in [0, 0.05) is 0 Å². The van der Waals surface area contributed by atoms with Gasteiger partial charge in [0.25, 0.3) is 0 Å². The summed E-state index contributed by atoms with van der Waals surface area (Å²) < 4.78 is 51.6. The lowest BCUT2D eigenvalue weighted by Gasteiger charge is -2.23. The van der Waals surface area contributed by atoms with E-state index in [1.165, 1.54) is 45.2 Å². The minimum atomic E-state index is -3.82. The topological polar surface area (TPSA) is 113 Å². The molecule has 9 heteroatoms. The van der Waals surface area contributed by atoms with E-state index in [-0.39, 0.29) is 16.4 Å². The maximum absolute atomic E-state index is 12.0. The normalized spacial score (nSPS) is 13.4. The SMILES string of the molecule is CNS(=O)(=O)c1ccc(S(=O)(=O)NC(C)(C)CO)cc1. The molecule has 114 valence electrons. The standard InChI is InChI=1S/C11H18N2O5S2/c1-11(2,8-14)13-20(17,18)10-6-4-9(5-7-10)19(15,16)12-3/h4-7,12-14H,8H2,1-3H3. The molecule has 0 aliphatic rings. The number of rotatable bonds is 6. The second kappa shape index (κ2) is 5.78. The van der Waals surface area contributed by atoms with Crippen LogP contribution >= 0.6 is 0 Å². The molecule has 0 amide bonds. The van der Waals surface area contributed by atoms with Crippen molar-refractivity contribution in [1.82, 2.24) is 9.44 Å². The highest BCUT2D eigenvalue weighted by Gasteiger charge is 2.25. The Morgan fingerprint density at radius 1 is 1.00 bits per heavy atom. The predicted molar refractivity (Wildman–Crippen MR) is 74.2 cm³/mol. The molecule has 0 bridgehead atoms. The van der Waals surface area contributed by atoms with Gasteiger partial charge in [0.15, 0.2) is 0 Å². The Bertz CT molecular complexity index is 663. The molecule has 20 heavy (non-hydrogen) atoms. The molecule has 1 aromatic carbocycles. The van der Waals surface area contributed by atoms with E-state index in [0.29, 0.717) is 0 Å². The Kier molecular flexibility index (Phi) is 4.93. The maximum atomic E-state index is 12.0. The van der Waals surface area contributed by atoms with Crippen molar-refractivity contribution in [3.63, 3.8) is 0 Å². The largest absolute Gasteiger partial charge is 0.394 e. The molecule has 0 atom stereocenters. The minimum Gasteiger partial charge on any atom is -0.394 e. The molecule has 0 radical (unpaired) electrons. The maximum Gasteiger partial charge on any atom is 0.241 e. The molecule has 1 rings (SSSR count). The molecule has 0 fully saturated rings. The van der Waals surface area contributed by atoms with Crippen molar-refractivity contribution in [2.75, 3.05) is 13.7 Å².